The number of carbonyl (C=O) groups excluding carboxylic acids is 1. The van der Waals surface area contributed by atoms with Gasteiger partial charge in [-0.15, -0.1) is 12.4 Å². The van der Waals surface area contributed by atoms with Crippen LogP contribution < -0.4 is 13.9 Å². The Kier molecular flexibility index (Phi) is 11.4. The lowest BCUT2D eigenvalue weighted by atomic mass is 10.2. The van der Waals surface area contributed by atoms with Gasteiger partial charge >= 0.3 is 0 Å². The number of rotatable bonds is 12. The predicted molar refractivity (Wildman–Crippen MR) is 175 cm³/mol. The minimum atomic E-state index is -3.80. The van der Waals surface area contributed by atoms with E-state index in [2.05, 4.69) is 4.90 Å². The lowest BCUT2D eigenvalue weighted by Crippen LogP contribution is -2.39. The van der Waals surface area contributed by atoms with Crippen molar-refractivity contribution in [3.05, 3.63) is 78.4 Å². The molecule has 0 atom stereocenters. The van der Waals surface area contributed by atoms with Crippen LogP contribution >= 0.6 is 23.7 Å². The van der Waals surface area contributed by atoms with Gasteiger partial charge in [-0.05, 0) is 74.9 Å². The number of thiazole rings is 1. The average molecular weight is 645 g/mol. The highest BCUT2D eigenvalue weighted by atomic mass is 35.5. The summed E-state index contributed by atoms with van der Waals surface area (Å²) in [6.07, 6.45) is 0.765. The Balaban J connectivity index is 0.00000423. The summed E-state index contributed by atoms with van der Waals surface area (Å²) < 4.78 is 40.3. The minimum absolute atomic E-state index is 0. The topological polar surface area (TPSA) is 92.3 Å². The monoisotopic (exact) mass is 644 g/mol. The van der Waals surface area contributed by atoms with Crippen molar-refractivity contribution in [1.29, 1.82) is 0 Å². The van der Waals surface area contributed by atoms with E-state index in [-0.39, 0.29) is 29.8 Å². The van der Waals surface area contributed by atoms with Crippen molar-refractivity contribution in [3.8, 4) is 5.75 Å². The lowest BCUT2D eigenvalue weighted by Gasteiger charge is -2.27. The predicted octanol–water partition coefficient (Wildman–Crippen LogP) is 5.70. The molecule has 1 amide bonds. The number of anilines is 2. The van der Waals surface area contributed by atoms with Crippen LogP contribution in [0.5, 0.6) is 5.75 Å². The summed E-state index contributed by atoms with van der Waals surface area (Å²) in [4.78, 5) is 22.9. The van der Waals surface area contributed by atoms with E-state index in [1.807, 2.05) is 43.3 Å². The zero-order valence-electron chi connectivity index (χ0n) is 24.3. The second-order valence-corrected chi connectivity index (χ2v) is 12.7. The fourth-order valence-electron chi connectivity index (χ4n) is 4.96. The van der Waals surface area contributed by atoms with E-state index in [1.54, 1.807) is 36.1 Å². The highest BCUT2D eigenvalue weighted by Crippen LogP contribution is 2.33. The zero-order valence-corrected chi connectivity index (χ0v) is 26.8. The van der Waals surface area contributed by atoms with E-state index in [0.717, 1.165) is 55.2 Å². The summed E-state index contributed by atoms with van der Waals surface area (Å²) in [5.74, 6) is 0.541. The smallest absolute Gasteiger partial charge is 0.264 e. The molecule has 230 valence electrons. The van der Waals surface area contributed by atoms with Crippen molar-refractivity contribution >= 4 is 60.7 Å². The van der Waals surface area contributed by atoms with Crippen LogP contribution in [0.2, 0.25) is 0 Å². The number of nitrogens with zero attached hydrogens (tertiary/aromatic N) is 4. The summed E-state index contributed by atoms with van der Waals surface area (Å²) >= 11 is 1.44. The molecule has 1 fully saturated rings. The van der Waals surface area contributed by atoms with Gasteiger partial charge < -0.3 is 9.47 Å². The van der Waals surface area contributed by atoms with E-state index >= 15 is 0 Å². The van der Waals surface area contributed by atoms with Gasteiger partial charge in [0.25, 0.3) is 15.9 Å². The number of carbonyl (C=O) groups is 1. The normalized spacial score (nSPS) is 13.8. The fraction of sp³-hybridized carbons (Fsp3) is 0.355. The molecule has 4 aromatic rings. The standard InChI is InChI=1S/C31H36N4O5S2.ClH/c1-3-35(25-9-6-5-7-10-25)42(37,38)27-14-11-24(12-15-27)30(36)34(18-8-17-33-19-21-39-22-20-33)31-32-28-16-13-26(40-4-2)23-29(28)41-31;/h5-7,9-16,23H,3-4,8,17-22H2,1-2H3;1H. The molecule has 0 radical (unpaired) electrons. The first-order valence-corrected chi connectivity index (χ1v) is 16.5. The van der Waals surface area contributed by atoms with Gasteiger partial charge in [0, 0.05) is 38.3 Å². The highest BCUT2D eigenvalue weighted by molar-refractivity contribution is 7.92. The second-order valence-electron chi connectivity index (χ2n) is 9.85. The number of hydrogen-bond donors (Lipinski definition) is 0. The molecule has 0 N–H and O–H groups in total. The molecular weight excluding hydrogens is 608 g/mol. The molecule has 43 heavy (non-hydrogen) atoms. The van der Waals surface area contributed by atoms with E-state index in [0.29, 0.717) is 29.5 Å². The lowest BCUT2D eigenvalue weighted by molar-refractivity contribution is 0.0376. The van der Waals surface area contributed by atoms with E-state index in [1.165, 1.54) is 27.8 Å². The van der Waals surface area contributed by atoms with E-state index < -0.39 is 10.0 Å². The van der Waals surface area contributed by atoms with Gasteiger partial charge in [0.15, 0.2) is 5.13 Å². The molecule has 2 heterocycles. The van der Waals surface area contributed by atoms with Gasteiger partial charge in [-0.25, -0.2) is 13.4 Å². The quantitative estimate of drug-likeness (QED) is 0.195. The van der Waals surface area contributed by atoms with Crippen LogP contribution in [0.25, 0.3) is 10.2 Å². The third-order valence-corrected chi connectivity index (χ3v) is 10.1. The Morgan fingerprint density at radius 1 is 1.02 bits per heavy atom. The molecule has 12 heteroatoms. The van der Waals surface area contributed by atoms with Crippen LogP contribution in [-0.4, -0.2) is 76.8 Å². The number of ether oxygens (including phenoxy) is 2. The van der Waals surface area contributed by atoms with Crippen LogP contribution in [0.15, 0.2) is 77.7 Å². The van der Waals surface area contributed by atoms with Crippen molar-refractivity contribution in [1.82, 2.24) is 9.88 Å². The average Bonchev–Trinajstić information content (AvgIpc) is 3.44. The maximum atomic E-state index is 13.9. The number of hydrogen-bond acceptors (Lipinski definition) is 8. The molecule has 1 aliphatic heterocycles. The molecule has 1 aliphatic rings. The molecule has 5 rings (SSSR count). The molecule has 1 saturated heterocycles. The zero-order chi connectivity index (χ0) is 29.5. The second kappa shape index (κ2) is 15.0. The third-order valence-electron chi connectivity index (χ3n) is 7.12. The summed E-state index contributed by atoms with van der Waals surface area (Å²) in [5, 5.41) is 0.601. The van der Waals surface area contributed by atoms with E-state index in [9.17, 15) is 13.2 Å². The van der Waals surface area contributed by atoms with Crippen molar-refractivity contribution in [2.24, 2.45) is 0 Å². The number of amides is 1. The molecule has 1 aromatic heterocycles. The van der Waals surface area contributed by atoms with Gasteiger partial charge in [-0.1, -0.05) is 29.5 Å². The van der Waals surface area contributed by atoms with Crippen LogP contribution in [-0.2, 0) is 14.8 Å². The Hall–Kier alpha value is -3.22. The number of para-hydroxylation sites is 1. The first-order valence-electron chi connectivity index (χ1n) is 14.2. The molecule has 0 saturated carbocycles. The SMILES string of the molecule is CCOc1ccc2nc(N(CCCN3CCOCC3)C(=O)c3ccc(S(=O)(=O)N(CC)c4ccccc4)cc3)sc2c1.Cl. The summed E-state index contributed by atoms with van der Waals surface area (Å²) in [5.41, 5.74) is 1.79. The minimum Gasteiger partial charge on any atom is -0.494 e. The van der Waals surface area contributed by atoms with Crippen molar-refractivity contribution in [3.63, 3.8) is 0 Å². The Morgan fingerprint density at radius 3 is 2.42 bits per heavy atom. The van der Waals surface area contributed by atoms with Crippen LogP contribution in [0.3, 0.4) is 0 Å². The van der Waals surface area contributed by atoms with Crippen LogP contribution in [0, 0.1) is 0 Å². The van der Waals surface area contributed by atoms with Gasteiger partial charge in [-0.3, -0.25) is 18.9 Å². The van der Waals surface area contributed by atoms with Crippen molar-refractivity contribution < 1.29 is 22.7 Å². The van der Waals surface area contributed by atoms with Gasteiger partial charge in [-0.2, -0.15) is 0 Å². The molecule has 0 aliphatic carbocycles. The Bertz CT molecular complexity index is 1590. The van der Waals surface area contributed by atoms with Gasteiger partial charge in [0.2, 0.25) is 0 Å². The van der Waals surface area contributed by atoms with Crippen molar-refractivity contribution in [2.75, 3.05) is 61.7 Å². The number of benzene rings is 3. The van der Waals surface area contributed by atoms with Crippen LogP contribution in [0.1, 0.15) is 30.6 Å². The maximum absolute atomic E-state index is 13.9. The first kappa shape index (κ1) is 32.7. The number of halogens is 1. The number of sulfonamides is 1. The molecule has 9 nitrogen and oxygen atoms in total. The van der Waals surface area contributed by atoms with Crippen LogP contribution in [0.4, 0.5) is 10.8 Å². The molecule has 3 aromatic carbocycles. The summed E-state index contributed by atoms with van der Waals surface area (Å²) in [7, 11) is -3.80. The molecule has 0 unspecified atom stereocenters. The molecule has 0 bridgehead atoms. The van der Waals surface area contributed by atoms with E-state index in [4.69, 9.17) is 14.5 Å². The summed E-state index contributed by atoms with van der Waals surface area (Å²) in [6.45, 7) is 9.11. The number of aromatic nitrogens is 1. The molecule has 0 spiro atoms. The Labute approximate surface area is 263 Å². The number of morpholine rings is 1. The van der Waals surface area contributed by atoms with Gasteiger partial charge in [0.1, 0.15) is 5.75 Å². The number of fused-ring (bicyclic) bond motifs is 1. The fourth-order valence-corrected chi connectivity index (χ4v) is 7.46. The highest BCUT2D eigenvalue weighted by Gasteiger charge is 2.26. The third kappa shape index (κ3) is 7.66. The van der Waals surface area contributed by atoms with Crippen molar-refractivity contribution in [2.45, 2.75) is 25.2 Å². The molecular formula is C31H37ClN4O5S2. The summed E-state index contributed by atoms with van der Waals surface area (Å²) in [6, 6.07) is 20.9. The first-order chi connectivity index (χ1) is 20.4. The maximum Gasteiger partial charge on any atom is 0.264 e. The van der Waals surface area contributed by atoms with Gasteiger partial charge in [0.05, 0.1) is 40.6 Å². The Morgan fingerprint density at radius 2 is 1.74 bits per heavy atom. The largest absolute Gasteiger partial charge is 0.494 e.